The molecule has 1 heterocycles. The highest BCUT2D eigenvalue weighted by atomic mass is 19.2. The number of carbonyl (C=O) groups is 2. The smallest absolute Gasteiger partial charge is 0.260 e. The second-order valence-corrected chi connectivity index (χ2v) is 4.38. The van der Waals surface area contributed by atoms with Gasteiger partial charge in [-0.05, 0) is 6.42 Å². The zero-order valence-electron chi connectivity index (χ0n) is 10.5. The van der Waals surface area contributed by atoms with E-state index < -0.39 is 53.0 Å². The van der Waals surface area contributed by atoms with Gasteiger partial charge < -0.3 is 10.2 Å². The van der Waals surface area contributed by atoms with Crippen LogP contribution in [0.2, 0.25) is 0 Å². The predicted octanol–water partition coefficient (Wildman–Crippen LogP) is 1.34. The fourth-order valence-corrected chi connectivity index (χ4v) is 1.93. The lowest BCUT2D eigenvalue weighted by Crippen LogP contribution is -2.38. The van der Waals surface area contributed by atoms with Crippen molar-refractivity contribution >= 4 is 11.8 Å². The molecule has 1 N–H and O–H groups in total. The van der Waals surface area contributed by atoms with E-state index in [2.05, 4.69) is 5.32 Å². The molecule has 1 fully saturated rings. The van der Waals surface area contributed by atoms with Gasteiger partial charge >= 0.3 is 0 Å². The highest BCUT2D eigenvalue weighted by Gasteiger charge is 2.33. The second-order valence-electron chi connectivity index (χ2n) is 4.38. The third kappa shape index (κ3) is 2.67. The maximum atomic E-state index is 13.5. The first-order chi connectivity index (χ1) is 9.84. The minimum atomic E-state index is -2.34. The predicted molar refractivity (Wildman–Crippen MR) is 59.8 cm³/mol. The molecule has 2 amide bonds. The molecule has 9 heteroatoms. The summed E-state index contributed by atoms with van der Waals surface area (Å²) in [7, 11) is 0. The molecule has 1 saturated heterocycles. The summed E-state index contributed by atoms with van der Waals surface area (Å²) in [6.45, 7) is -0.310. The molecule has 0 spiro atoms. The molecule has 0 aromatic heterocycles. The van der Waals surface area contributed by atoms with Crippen molar-refractivity contribution in [3.63, 3.8) is 0 Å². The number of hydrogen-bond donors (Lipinski definition) is 1. The van der Waals surface area contributed by atoms with Gasteiger partial charge in [-0.15, -0.1) is 0 Å². The maximum Gasteiger partial charge on any atom is 0.260 e. The third-order valence-electron chi connectivity index (χ3n) is 2.97. The molecule has 0 radical (unpaired) electrons. The van der Waals surface area contributed by atoms with Gasteiger partial charge in [0.15, 0.2) is 23.3 Å². The van der Waals surface area contributed by atoms with Crippen molar-refractivity contribution in [2.45, 2.75) is 6.42 Å². The molecule has 2 rings (SSSR count). The zero-order chi connectivity index (χ0) is 15.7. The maximum absolute atomic E-state index is 13.5. The summed E-state index contributed by atoms with van der Waals surface area (Å²) in [5.41, 5.74) is -1.55. The monoisotopic (exact) mass is 308 g/mol. The Morgan fingerprint density at radius 1 is 0.952 bits per heavy atom. The number of hydrogen-bond acceptors (Lipinski definition) is 2. The molecule has 114 valence electrons. The molecule has 0 aliphatic carbocycles. The molecule has 0 saturated carbocycles. The average Bonchev–Trinajstić information content (AvgIpc) is 2.67. The number of benzene rings is 1. The van der Waals surface area contributed by atoms with E-state index in [0.29, 0.717) is 6.42 Å². The minimum Gasteiger partial charge on any atom is -0.354 e. The number of rotatable bonds is 1. The number of nitrogens with one attached hydrogen (secondary N) is 1. The van der Waals surface area contributed by atoms with Crippen LogP contribution in [0.1, 0.15) is 16.8 Å². The number of amides is 2. The Bertz CT molecular complexity index is 591. The van der Waals surface area contributed by atoms with Crippen LogP contribution in [0.5, 0.6) is 0 Å². The summed E-state index contributed by atoms with van der Waals surface area (Å²) in [4.78, 5) is 24.0. The minimum absolute atomic E-state index is 0.0446. The largest absolute Gasteiger partial charge is 0.354 e. The van der Waals surface area contributed by atoms with Gasteiger partial charge in [0.25, 0.3) is 5.91 Å². The summed E-state index contributed by atoms with van der Waals surface area (Å²) < 4.78 is 66.1. The lowest BCUT2D eigenvalue weighted by molar-refractivity contribution is -0.121. The van der Waals surface area contributed by atoms with Crippen LogP contribution in [0.15, 0.2) is 0 Å². The van der Waals surface area contributed by atoms with E-state index in [0.717, 1.165) is 4.90 Å². The van der Waals surface area contributed by atoms with E-state index in [4.69, 9.17) is 0 Å². The van der Waals surface area contributed by atoms with E-state index >= 15 is 0 Å². The van der Waals surface area contributed by atoms with Crippen molar-refractivity contribution in [1.82, 2.24) is 10.2 Å². The van der Waals surface area contributed by atoms with Crippen molar-refractivity contribution in [1.29, 1.82) is 0 Å². The molecule has 21 heavy (non-hydrogen) atoms. The van der Waals surface area contributed by atoms with Crippen LogP contribution >= 0.6 is 0 Å². The first-order valence-electron chi connectivity index (χ1n) is 5.92. The van der Waals surface area contributed by atoms with Crippen LogP contribution in [0.25, 0.3) is 0 Å². The molecule has 0 bridgehead atoms. The lowest BCUT2D eigenvalue weighted by atomic mass is 10.1. The molecule has 1 aliphatic heterocycles. The van der Waals surface area contributed by atoms with Crippen LogP contribution in [0.4, 0.5) is 22.0 Å². The van der Waals surface area contributed by atoms with Gasteiger partial charge in [-0.3, -0.25) is 9.59 Å². The van der Waals surface area contributed by atoms with Crippen molar-refractivity contribution < 1.29 is 31.5 Å². The molecule has 0 atom stereocenters. The van der Waals surface area contributed by atoms with Crippen molar-refractivity contribution in [2.75, 3.05) is 19.6 Å². The van der Waals surface area contributed by atoms with E-state index in [1.807, 2.05) is 0 Å². The summed E-state index contributed by atoms with van der Waals surface area (Å²) in [5, 5.41) is 2.41. The fraction of sp³-hybridized carbons (Fsp3) is 0.333. The van der Waals surface area contributed by atoms with Crippen LogP contribution in [-0.2, 0) is 4.79 Å². The van der Waals surface area contributed by atoms with E-state index in [-0.39, 0.29) is 13.1 Å². The van der Waals surface area contributed by atoms with Crippen molar-refractivity contribution in [2.24, 2.45) is 0 Å². The topological polar surface area (TPSA) is 49.4 Å². The summed E-state index contributed by atoms with van der Waals surface area (Å²) in [6, 6.07) is 0. The Hall–Kier alpha value is -2.19. The van der Waals surface area contributed by atoms with Gasteiger partial charge in [0.1, 0.15) is 5.56 Å². The highest BCUT2D eigenvalue weighted by molar-refractivity contribution is 5.97. The molecular formula is C12H9F5N2O2. The normalized spacial score (nSPS) is 15.7. The number of carbonyl (C=O) groups excluding carboxylic acids is 2. The van der Waals surface area contributed by atoms with Gasteiger partial charge in [-0.25, -0.2) is 22.0 Å². The Kier molecular flexibility index (Phi) is 4.10. The lowest BCUT2D eigenvalue weighted by Gasteiger charge is -2.20. The third-order valence-corrected chi connectivity index (χ3v) is 2.97. The van der Waals surface area contributed by atoms with Gasteiger partial charge in [0.2, 0.25) is 11.7 Å². The average molecular weight is 308 g/mol. The first kappa shape index (κ1) is 15.2. The van der Waals surface area contributed by atoms with Crippen LogP contribution in [0, 0.1) is 29.1 Å². The van der Waals surface area contributed by atoms with Gasteiger partial charge in [0.05, 0.1) is 6.54 Å². The molecule has 1 aliphatic rings. The Morgan fingerprint density at radius 2 is 1.48 bits per heavy atom. The molecular weight excluding hydrogens is 299 g/mol. The van der Waals surface area contributed by atoms with Gasteiger partial charge in [-0.2, -0.15) is 0 Å². The van der Waals surface area contributed by atoms with Crippen molar-refractivity contribution in [3.8, 4) is 0 Å². The fourth-order valence-electron chi connectivity index (χ4n) is 1.93. The quantitative estimate of drug-likeness (QED) is 0.484. The standard InChI is InChI=1S/C12H9F5N2O2/c13-7-6(8(14)10(16)11(17)9(7)15)12(21)19-3-1-2-18-5(20)4-19/h1-4H2,(H,18,20). The Morgan fingerprint density at radius 3 is 2.05 bits per heavy atom. The Labute approximate surface area is 115 Å². The zero-order valence-corrected chi connectivity index (χ0v) is 10.5. The van der Waals surface area contributed by atoms with E-state index in [9.17, 15) is 31.5 Å². The van der Waals surface area contributed by atoms with Crippen LogP contribution < -0.4 is 5.32 Å². The summed E-state index contributed by atoms with van der Waals surface area (Å²) in [6.07, 6.45) is 0.298. The summed E-state index contributed by atoms with van der Waals surface area (Å²) >= 11 is 0. The molecule has 0 unspecified atom stereocenters. The number of nitrogens with zero attached hydrogens (tertiary/aromatic N) is 1. The molecule has 4 nitrogen and oxygen atoms in total. The first-order valence-corrected chi connectivity index (χ1v) is 5.92. The van der Waals surface area contributed by atoms with Crippen LogP contribution in [-0.4, -0.2) is 36.3 Å². The summed E-state index contributed by atoms with van der Waals surface area (Å²) in [5.74, 6) is -13.1. The van der Waals surface area contributed by atoms with Crippen molar-refractivity contribution in [3.05, 3.63) is 34.6 Å². The van der Waals surface area contributed by atoms with Gasteiger partial charge in [-0.1, -0.05) is 0 Å². The van der Waals surface area contributed by atoms with E-state index in [1.54, 1.807) is 0 Å². The highest BCUT2D eigenvalue weighted by Crippen LogP contribution is 2.24. The Balaban J connectivity index is 2.46. The molecule has 1 aromatic rings. The van der Waals surface area contributed by atoms with Crippen LogP contribution in [0.3, 0.4) is 0 Å². The van der Waals surface area contributed by atoms with E-state index in [1.165, 1.54) is 0 Å². The second kappa shape index (κ2) is 5.66. The SMILES string of the molecule is O=C1CN(C(=O)c2c(F)c(F)c(F)c(F)c2F)CCCN1. The van der Waals surface area contributed by atoms with Gasteiger partial charge in [0, 0.05) is 13.1 Å². The number of halogens is 5. The molecule has 1 aromatic carbocycles.